The van der Waals surface area contributed by atoms with Gasteiger partial charge < -0.3 is 4.42 Å². The summed E-state index contributed by atoms with van der Waals surface area (Å²) in [6.07, 6.45) is 0. The van der Waals surface area contributed by atoms with Gasteiger partial charge in [-0.1, -0.05) is 35.3 Å². The van der Waals surface area contributed by atoms with Gasteiger partial charge in [-0.2, -0.15) is 0 Å². The lowest BCUT2D eigenvalue weighted by atomic mass is 10.1. The van der Waals surface area contributed by atoms with Crippen LogP contribution >= 0.6 is 23.2 Å². The summed E-state index contributed by atoms with van der Waals surface area (Å²) in [7, 11) is 0. The van der Waals surface area contributed by atoms with Crippen LogP contribution in [-0.2, 0) is 13.1 Å². The van der Waals surface area contributed by atoms with Crippen molar-refractivity contribution in [1.82, 2.24) is 9.80 Å². The first-order valence-electron chi connectivity index (χ1n) is 9.40. The molecular formula is C22H22Cl2N2O2. The van der Waals surface area contributed by atoms with Gasteiger partial charge in [-0.25, -0.2) is 4.79 Å². The summed E-state index contributed by atoms with van der Waals surface area (Å²) in [5, 5.41) is 2.37. The summed E-state index contributed by atoms with van der Waals surface area (Å²) in [6.45, 7) is 7.44. The smallest absolute Gasteiger partial charge is 0.336 e. The van der Waals surface area contributed by atoms with Crippen molar-refractivity contribution in [2.45, 2.75) is 20.0 Å². The molecular weight excluding hydrogens is 395 g/mol. The molecule has 146 valence electrons. The molecule has 0 saturated carbocycles. The molecule has 0 aliphatic carbocycles. The largest absolute Gasteiger partial charge is 0.423 e. The SMILES string of the molecule is Cc1cc2oc(=O)cc(CN3CCN(Cc4ccc(Cl)cc4)CC3)c2cc1Cl. The zero-order chi connectivity index (χ0) is 19.7. The van der Waals surface area contributed by atoms with E-state index in [-0.39, 0.29) is 5.63 Å². The molecule has 1 aromatic heterocycles. The van der Waals surface area contributed by atoms with Crippen LogP contribution in [0.15, 0.2) is 51.7 Å². The van der Waals surface area contributed by atoms with Crippen LogP contribution in [0.25, 0.3) is 11.0 Å². The molecule has 1 saturated heterocycles. The van der Waals surface area contributed by atoms with Crippen LogP contribution in [0.5, 0.6) is 0 Å². The first kappa shape index (κ1) is 19.5. The van der Waals surface area contributed by atoms with Crippen molar-refractivity contribution in [1.29, 1.82) is 0 Å². The second-order valence-corrected chi connectivity index (χ2v) is 8.21. The number of rotatable bonds is 4. The molecule has 4 nitrogen and oxygen atoms in total. The molecule has 1 aliphatic rings. The van der Waals surface area contributed by atoms with Crippen molar-refractivity contribution in [3.63, 3.8) is 0 Å². The number of fused-ring (bicyclic) bond motifs is 1. The zero-order valence-electron chi connectivity index (χ0n) is 15.8. The van der Waals surface area contributed by atoms with E-state index in [0.29, 0.717) is 10.6 Å². The molecule has 0 bridgehead atoms. The van der Waals surface area contributed by atoms with E-state index in [1.165, 1.54) is 5.56 Å². The summed E-state index contributed by atoms with van der Waals surface area (Å²) < 4.78 is 5.37. The molecule has 0 unspecified atom stereocenters. The van der Waals surface area contributed by atoms with E-state index in [1.807, 2.05) is 31.2 Å². The van der Waals surface area contributed by atoms with E-state index >= 15 is 0 Å². The molecule has 0 amide bonds. The highest BCUT2D eigenvalue weighted by Gasteiger charge is 2.19. The molecule has 1 fully saturated rings. The van der Waals surface area contributed by atoms with Crippen molar-refractivity contribution in [2.24, 2.45) is 0 Å². The zero-order valence-corrected chi connectivity index (χ0v) is 17.3. The van der Waals surface area contributed by atoms with E-state index in [4.69, 9.17) is 27.6 Å². The Labute approximate surface area is 174 Å². The van der Waals surface area contributed by atoms with Gasteiger partial charge in [0, 0.05) is 60.8 Å². The van der Waals surface area contributed by atoms with Crippen molar-refractivity contribution in [3.05, 3.63) is 79.6 Å². The minimum atomic E-state index is -0.314. The number of piperazine rings is 1. The van der Waals surface area contributed by atoms with Gasteiger partial charge in [-0.05, 0) is 47.9 Å². The van der Waals surface area contributed by atoms with Crippen molar-refractivity contribution < 1.29 is 4.42 Å². The highest BCUT2D eigenvalue weighted by Crippen LogP contribution is 2.26. The van der Waals surface area contributed by atoms with E-state index in [9.17, 15) is 4.79 Å². The summed E-state index contributed by atoms with van der Waals surface area (Å²) >= 11 is 12.3. The summed E-state index contributed by atoms with van der Waals surface area (Å²) in [4.78, 5) is 16.8. The third-order valence-corrected chi connectivity index (χ3v) is 5.95. The molecule has 0 N–H and O–H groups in total. The minimum Gasteiger partial charge on any atom is -0.423 e. The van der Waals surface area contributed by atoms with Gasteiger partial charge >= 0.3 is 5.63 Å². The Bertz CT molecular complexity index is 1040. The van der Waals surface area contributed by atoms with Gasteiger partial charge in [0.25, 0.3) is 0 Å². The molecule has 0 spiro atoms. The predicted molar refractivity (Wildman–Crippen MR) is 114 cm³/mol. The van der Waals surface area contributed by atoms with Gasteiger partial charge in [-0.3, -0.25) is 9.80 Å². The fraction of sp³-hybridized carbons (Fsp3) is 0.318. The number of hydrogen-bond donors (Lipinski definition) is 0. The fourth-order valence-electron chi connectivity index (χ4n) is 3.67. The molecule has 0 atom stereocenters. The van der Waals surface area contributed by atoms with Crippen LogP contribution < -0.4 is 5.63 Å². The third kappa shape index (κ3) is 4.41. The number of aryl methyl sites for hydroxylation is 1. The van der Waals surface area contributed by atoms with Crippen LogP contribution in [0.4, 0.5) is 0 Å². The maximum absolute atomic E-state index is 12.0. The fourth-order valence-corrected chi connectivity index (χ4v) is 3.96. The van der Waals surface area contributed by atoms with E-state index in [2.05, 4.69) is 21.9 Å². The van der Waals surface area contributed by atoms with Crippen LogP contribution in [-0.4, -0.2) is 36.0 Å². The summed E-state index contributed by atoms with van der Waals surface area (Å²) in [6, 6.07) is 13.4. The molecule has 6 heteroatoms. The summed E-state index contributed by atoms with van der Waals surface area (Å²) in [5.74, 6) is 0. The first-order chi connectivity index (χ1) is 13.5. The maximum atomic E-state index is 12.0. The molecule has 0 radical (unpaired) electrons. The normalized spacial score (nSPS) is 16.0. The molecule has 2 aromatic carbocycles. The Morgan fingerprint density at radius 2 is 1.57 bits per heavy atom. The Hall–Kier alpha value is -1.85. The maximum Gasteiger partial charge on any atom is 0.336 e. The predicted octanol–water partition coefficient (Wildman–Crippen LogP) is 4.73. The van der Waals surface area contributed by atoms with Gasteiger partial charge in [0.05, 0.1) is 0 Å². The van der Waals surface area contributed by atoms with Crippen LogP contribution in [0.1, 0.15) is 16.7 Å². The lowest BCUT2D eigenvalue weighted by molar-refractivity contribution is 0.122. The number of benzene rings is 2. The molecule has 1 aliphatic heterocycles. The average molecular weight is 417 g/mol. The average Bonchev–Trinajstić information content (AvgIpc) is 2.67. The van der Waals surface area contributed by atoms with Gasteiger partial charge in [0.15, 0.2) is 0 Å². The highest BCUT2D eigenvalue weighted by atomic mass is 35.5. The Morgan fingerprint density at radius 3 is 2.25 bits per heavy atom. The van der Waals surface area contributed by atoms with E-state index < -0.39 is 0 Å². The van der Waals surface area contributed by atoms with Crippen molar-refractivity contribution >= 4 is 34.2 Å². The van der Waals surface area contributed by atoms with Gasteiger partial charge in [-0.15, -0.1) is 0 Å². The minimum absolute atomic E-state index is 0.314. The standard InChI is InChI=1S/C22H22Cl2N2O2/c1-15-10-21-19(12-20(15)24)17(11-22(27)28-21)14-26-8-6-25(7-9-26)13-16-2-4-18(23)5-3-16/h2-5,10-12H,6-9,13-14H2,1H3. The number of nitrogens with zero attached hydrogens (tertiary/aromatic N) is 2. The Kier molecular flexibility index (Phi) is 5.74. The van der Waals surface area contributed by atoms with E-state index in [0.717, 1.165) is 60.8 Å². The first-order valence-corrected chi connectivity index (χ1v) is 10.2. The number of hydrogen-bond acceptors (Lipinski definition) is 4. The second-order valence-electron chi connectivity index (χ2n) is 7.37. The summed E-state index contributed by atoms with van der Waals surface area (Å²) in [5.41, 5.74) is 3.44. The second kappa shape index (κ2) is 8.26. The van der Waals surface area contributed by atoms with Gasteiger partial charge in [0.2, 0.25) is 0 Å². The van der Waals surface area contributed by atoms with Gasteiger partial charge in [0.1, 0.15) is 5.58 Å². The van der Waals surface area contributed by atoms with Crippen LogP contribution in [0.3, 0.4) is 0 Å². The van der Waals surface area contributed by atoms with Crippen LogP contribution in [0, 0.1) is 6.92 Å². The molecule has 3 aromatic rings. The molecule has 4 rings (SSSR count). The third-order valence-electron chi connectivity index (χ3n) is 5.29. The quantitative estimate of drug-likeness (QED) is 0.576. The lowest BCUT2D eigenvalue weighted by Crippen LogP contribution is -2.45. The van der Waals surface area contributed by atoms with Crippen molar-refractivity contribution in [2.75, 3.05) is 26.2 Å². The lowest BCUT2D eigenvalue weighted by Gasteiger charge is -2.34. The Balaban J connectivity index is 1.44. The highest BCUT2D eigenvalue weighted by molar-refractivity contribution is 6.32. The van der Waals surface area contributed by atoms with Crippen LogP contribution in [0.2, 0.25) is 10.0 Å². The van der Waals surface area contributed by atoms with E-state index in [1.54, 1.807) is 6.07 Å². The topological polar surface area (TPSA) is 36.7 Å². The molecule has 2 heterocycles. The Morgan fingerprint density at radius 1 is 0.929 bits per heavy atom. The molecule has 28 heavy (non-hydrogen) atoms. The number of halogens is 2. The van der Waals surface area contributed by atoms with Crippen molar-refractivity contribution in [3.8, 4) is 0 Å². The monoisotopic (exact) mass is 416 g/mol.